The average Bonchev–Trinajstić information content (AvgIpc) is 2.49. The second kappa shape index (κ2) is 5.45. The first-order valence-electron chi connectivity index (χ1n) is 6.35. The van der Waals surface area contributed by atoms with E-state index in [0.29, 0.717) is 5.02 Å². The van der Waals surface area contributed by atoms with Crippen LogP contribution in [-0.2, 0) is 0 Å². The highest BCUT2D eigenvalue weighted by molar-refractivity contribution is 6.30. The number of aromatic nitrogens is 2. The third kappa shape index (κ3) is 2.79. The van der Waals surface area contributed by atoms with Crippen LogP contribution in [0, 0.1) is 0 Å². The van der Waals surface area contributed by atoms with Crippen molar-refractivity contribution in [2.45, 2.75) is 0 Å². The summed E-state index contributed by atoms with van der Waals surface area (Å²) in [6.45, 7) is 3.82. The summed E-state index contributed by atoms with van der Waals surface area (Å²) in [6, 6.07) is 9.87. The third-order valence-corrected chi connectivity index (χ3v) is 3.51. The summed E-state index contributed by atoms with van der Waals surface area (Å²) in [6.07, 6.45) is 3.53. The maximum atomic E-state index is 5.86. The first-order chi connectivity index (χ1) is 9.33. The molecule has 0 aliphatic carbocycles. The van der Waals surface area contributed by atoms with Gasteiger partial charge in [-0.2, -0.15) is 0 Å². The number of hydrogen-bond acceptors (Lipinski definition) is 4. The van der Waals surface area contributed by atoms with Crippen LogP contribution in [0.15, 0.2) is 42.7 Å². The second-order valence-corrected chi connectivity index (χ2v) is 4.93. The standard InChI is InChI=1S/C14H15ClN4/c15-12-4-5-14(17-11-12)19-9-7-18(8-10-19)13-3-1-2-6-16-13/h1-6,11H,7-10H2. The number of pyridine rings is 2. The summed E-state index contributed by atoms with van der Waals surface area (Å²) in [4.78, 5) is 13.3. The van der Waals surface area contributed by atoms with Gasteiger partial charge in [0.05, 0.1) is 5.02 Å². The van der Waals surface area contributed by atoms with Gasteiger partial charge in [-0.25, -0.2) is 9.97 Å². The van der Waals surface area contributed by atoms with Crippen LogP contribution in [0.4, 0.5) is 11.6 Å². The van der Waals surface area contributed by atoms with E-state index in [0.717, 1.165) is 37.8 Å². The van der Waals surface area contributed by atoms with E-state index < -0.39 is 0 Å². The van der Waals surface area contributed by atoms with Crippen molar-refractivity contribution in [2.75, 3.05) is 36.0 Å². The van der Waals surface area contributed by atoms with Crippen LogP contribution in [0.25, 0.3) is 0 Å². The molecular weight excluding hydrogens is 260 g/mol. The Kier molecular flexibility index (Phi) is 3.51. The first kappa shape index (κ1) is 12.2. The SMILES string of the molecule is Clc1ccc(N2CCN(c3ccccn3)CC2)nc1. The Balaban J connectivity index is 1.65. The highest BCUT2D eigenvalue weighted by Gasteiger charge is 2.18. The van der Waals surface area contributed by atoms with Gasteiger partial charge >= 0.3 is 0 Å². The highest BCUT2D eigenvalue weighted by Crippen LogP contribution is 2.18. The summed E-state index contributed by atoms with van der Waals surface area (Å²) in [5.41, 5.74) is 0. The molecule has 2 aromatic rings. The molecule has 0 amide bonds. The van der Waals surface area contributed by atoms with Gasteiger partial charge in [0.2, 0.25) is 0 Å². The molecule has 0 spiro atoms. The van der Waals surface area contributed by atoms with Crippen molar-refractivity contribution in [1.82, 2.24) is 9.97 Å². The lowest BCUT2D eigenvalue weighted by atomic mass is 10.3. The Labute approximate surface area is 117 Å². The Hall–Kier alpha value is -1.81. The lowest BCUT2D eigenvalue weighted by Crippen LogP contribution is -2.47. The zero-order valence-electron chi connectivity index (χ0n) is 10.5. The molecule has 0 bridgehead atoms. The van der Waals surface area contributed by atoms with Crippen LogP contribution < -0.4 is 9.80 Å². The minimum atomic E-state index is 0.677. The smallest absolute Gasteiger partial charge is 0.128 e. The molecule has 0 radical (unpaired) electrons. The van der Waals surface area contributed by atoms with Crippen molar-refractivity contribution in [3.05, 3.63) is 47.7 Å². The molecule has 98 valence electrons. The molecule has 4 nitrogen and oxygen atoms in total. The molecule has 0 unspecified atom stereocenters. The fourth-order valence-electron chi connectivity index (χ4n) is 2.26. The number of rotatable bonds is 2. The van der Waals surface area contributed by atoms with E-state index >= 15 is 0 Å². The molecule has 3 rings (SSSR count). The summed E-state index contributed by atoms with van der Waals surface area (Å²) in [5, 5.41) is 0.677. The first-order valence-corrected chi connectivity index (χ1v) is 6.73. The number of nitrogens with zero attached hydrogens (tertiary/aromatic N) is 4. The molecule has 1 fully saturated rings. The van der Waals surface area contributed by atoms with Crippen LogP contribution in [0.5, 0.6) is 0 Å². The Morgan fingerprint density at radius 2 is 1.53 bits per heavy atom. The van der Waals surface area contributed by atoms with Crippen molar-refractivity contribution in [2.24, 2.45) is 0 Å². The molecule has 0 atom stereocenters. The molecule has 3 heterocycles. The van der Waals surface area contributed by atoms with Gasteiger partial charge in [-0.1, -0.05) is 17.7 Å². The van der Waals surface area contributed by atoms with E-state index in [1.807, 2.05) is 30.5 Å². The normalized spacial score (nSPS) is 15.6. The fourth-order valence-corrected chi connectivity index (χ4v) is 2.37. The molecule has 1 aliphatic heterocycles. The lowest BCUT2D eigenvalue weighted by Gasteiger charge is -2.36. The minimum absolute atomic E-state index is 0.677. The van der Waals surface area contributed by atoms with Gasteiger partial charge in [0.15, 0.2) is 0 Å². The Morgan fingerprint density at radius 1 is 0.842 bits per heavy atom. The average molecular weight is 275 g/mol. The van der Waals surface area contributed by atoms with Gasteiger partial charge < -0.3 is 9.80 Å². The van der Waals surface area contributed by atoms with E-state index in [2.05, 4.69) is 25.8 Å². The third-order valence-electron chi connectivity index (χ3n) is 3.29. The Morgan fingerprint density at radius 3 is 2.05 bits per heavy atom. The largest absolute Gasteiger partial charge is 0.353 e. The quantitative estimate of drug-likeness (QED) is 0.842. The van der Waals surface area contributed by atoms with Gasteiger partial charge in [-0.15, -0.1) is 0 Å². The second-order valence-electron chi connectivity index (χ2n) is 4.50. The van der Waals surface area contributed by atoms with Gasteiger partial charge in [-0.3, -0.25) is 0 Å². The van der Waals surface area contributed by atoms with E-state index in [9.17, 15) is 0 Å². The van der Waals surface area contributed by atoms with Crippen molar-refractivity contribution in [3.63, 3.8) is 0 Å². The zero-order chi connectivity index (χ0) is 13.1. The molecule has 0 N–H and O–H groups in total. The summed E-state index contributed by atoms with van der Waals surface area (Å²) in [5.74, 6) is 2.04. The van der Waals surface area contributed by atoms with Crippen LogP contribution in [0.3, 0.4) is 0 Å². The summed E-state index contributed by atoms with van der Waals surface area (Å²) >= 11 is 5.86. The summed E-state index contributed by atoms with van der Waals surface area (Å²) in [7, 11) is 0. The maximum Gasteiger partial charge on any atom is 0.128 e. The molecule has 0 saturated carbocycles. The monoisotopic (exact) mass is 274 g/mol. The highest BCUT2D eigenvalue weighted by atomic mass is 35.5. The van der Waals surface area contributed by atoms with E-state index in [1.165, 1.54) is 0 Å². The number of halogens is 1. The van der Waals surface area contributed by atoms with Crippen molar-refractivity contribution in [3.8, 4) is 0 Å². The van der Waals surface area contributed by atoms with Gasteiger partial charge in [0.25, 0.3) is 0 Å². The van der Waals surface area contributed by atoms with E-state index in [1.54, 1.807) is 6.20 Å². The number of piperazine rings is 1. The minimum Gasteiger partial charge on any atom is -0.353 e. The number of hydrogen-bond donors (Lipinski definition) is 0. The number of anilines is 2. The fraction of sp³-hybridized carbons (Fsp3) is 0.286. The van der Waals surface area contributed by atoms with E-state index in [-0.39, 0.29) is 0 Å². The maximum absolute atomic E-state index is 5.86. The topological polar surface area (TPSA) is 32.3 Å². The van der Waals surface area contributed by atoms with Gasteiger partial charge in [0.1, 0.15) is 11.6 Å². The van der Waals surface area contributed by atoms with Crippen LogP contribution in [0.2, 0.25) is 5.02 Å². The van der Waals surface area contributed by atoms with Gasteiger partial charge in [-0.05, 0) is 24.3 Å². The van der Waals surface area contributed by atoms with Crippen LogP contribution in [-0.4, -0.2) is 36.1 Å². The molecule has 1 aliphatic rings. The lowest BCUT2D eigenvalue weighted by molar-refractivity contribution is 0.642. The van der Waals surface area contributed by atoms with Crippen LogP contribution in [0.1, 0.15) is 0 Å². The van der Waals surface area contributed by atoms with Crippen molar-refractivity contribution < 1.29 is 0 Å². The zero-order valence-corrected chi connectivity index (χ0v) is 11.3. The molecule has 0 aromatic carbocycles. The van der Waals surface area contributed by atoms with Crippen molar-refractivity contribution in [1.29, 1.82) is 0 Å². The molecule has 5 heteroatoms. The van der Waals surface area contributed by atoms with Crippen LogP contribution >= 0.6 is 11.6 Å². The molecule has 2 aromatic heterocycles. The van der Waals surface area contributed by atoms with Gasteiger partial charge in [0, 0.05) is 38.6 Å². The van der Waals surface area contributed by atoms with E-state index in [4.69, 9.17) is 11.6 Å². The predicted molar refractivity (Wildman–Crippen MR) is 77.9 cm³/mol. The summed E-state index contributed by atoms with van der Waals surface area (Å²) < 4.78 is 0. The molecular formula is C14H15ClN4. The Bertz CT molecular complexity index is 521. The predicted octanol–water partition coefficient (Wildman–Crippen LogP) is 2.46. The molecule has 19 heavy (non-hydrogen) atoms. The molecule has 1 saturated heterocycles. The van der Waals surface area contributed by atoms with Crippen molar-refractivity contribution >= 4 is 23.2 Å².